The number of hydrogen-bond acceptors (Lipinski definition) is 5. The second-order valence-electron chi connectivity index (χ2n) is 6.67. The number of piperazine rings is 1. The molecule has 2 fully saturated rings. The van der Waals surface area contributed by atoms with Crippen LogP contribution in [0.3, 0.4) is 0 Å². The zero-order chi connectivity index (χ0) is 16.3. The standard InChI is InChI=1S/C17H27N3O2S/c1-23(21,22)17-5-3-2-4-15(17)14-19-10-6-16(7-11-19)20-12-8-18-9-13-20/h2-5,16,18H,6-14H2,1H3. The number of likely N-dealkylation sites (tertiary alicyclic amines) is 1. The van der Waals surface area contributed by atoms with E-state index in [4.69, 9.17) is 0 Å². The summed E-state index contributed by atoms with van der Waals surface area (Å²) < 4.78 is 23.8. The van der Waals surface area contributed by atoms with Gasteiger partial charge in [0.2, 0.25) is 0 Å². The third kappa shape index (κ3) is 4.32. The number of sulfone groups is 1. The Morgan fingerprint density at radius 3 is 2.39 bits per heavy atom. The van der Waals surface area contributed by atoms with E-state index in [1.165, 1.54) is 19.1 Å². The average molecular weight is 337 g/mol. The Balaban J connectivity index is 1.59. The van der Waals surface area contributed by atoms with Crippen molar-refractivity contribution in [3.63, 3.8) is 0 Å². The van der Waals surface area contributed by atoms with Gasteiger partial charge in [0.15, 0.2) is 9.84 Å². The van der Waals surface area contributed by atoms with E-state index in [0.717, 1.165) is 51.4 Å². The number of nitrogens with one attached hydrogen (secondary N) is 1. The van der Waals surface area contributed by atoms with Gasteiger partial charge in [-0.25, -0.2) is 8.42 Å². The van der Waals surface area contributed by atoms with Gasteiger partial charge in [-0.3, -0.25) is 9.80 Å². The third-order valence-corrected chi connectivity index (χ3v) is 6.19. The maximum atomic E-state index is 11.9. The first-order valence-corrected chi connectivity index (χ1v) is 10.4. The second kappa shape index (κ2) is 7.30. The molecule has 3 rings (SSSR count). The molecule has 1 aromatic rings. The van der Waals surface area contributed by atoms with Gasteiger partial charge < -0.3 is 5.32 Å². The summed E-state index contributed by atoms with van der Waals surface area (Å²) in [6.07, 6.45) is 3.66. The molecular weight excluding hydrogens is 310 g/mol. The highest BCUT2D eigenvalue weighted by Gasteiger charge is 2.26. The van der Waals surface area contributed by atoms with Crippen molar-refractivity contribution in [3.05, 3.63) is 29.8 Å². The van der Waals surface area contributed by atoms with Crippen LogP contribution in [0.2, 0.25) is 0 Å². The highest BCUT2D eigenvalue weighted by molar-refractivity contribution is 7.90. The first-order chi connectivity index (χ1) is 11.0. The van der Waals surface area contributed by atoms with Crippen molar-refractivity contribution in [3.8, 4) is 0 Å². The van der Waals surface area contributed by atoms with Gasteiger partial charge in [-0.05, 0) is 37.6 Å². The van der Waals surface area contributed by atoms with Crippen LogP contribution in [0.15, 0.2) is 29.2 Å². The van der Waals surface area contributed by atoms with E-state index in [-0.39, 0.29) is 0 Å². The first-order valence-electron chi connectivity index (χ1n) is 8.49. The van der Waals surface area contributed by atoms with Crippen LogP contribution in [0, 0.1) is 0 Å². The Morgan fingerprint density at radius 2 is 1.74 bits per heavy atom. The van der Waals surface area contributed by atoms with E-state index in [1.54, 1.807) is 12.1 Å². The predicted octanol–water partition coefficient (Wildman–Crippen LogP) is 0.960. The van der Waals surface area contributed by atoms with Gasteiger partial charge in [-0.2, -0.15) is 0 Å². The molecule has 0 unspecified atom stereocenters. The fraction of sp³-hybridized carbons (Fsp3) is 0.647. The summed E-state index contributed by atoms with van der Waals surface area (Å²) >= 11 is 0. The molecule has 128 valence electrons. The summed E-state index contributed by atoms with van der Waals surface area (Å²) in [6, 6.07) is 8.09. The summed E-state index contributed by atoms with van der Waals surface area (Å²) in [7, 11) is -3.15. The molecule has 2 heterocycles. The molecule has 23 heavy (non-hydrogen) atoms. The van der Waals surface area contributed by atoms with E-state index in [9.17, 15) is 8.42 Å². The molecule has 1 N–H and O–H groups in total. The molecule has 2 saturated heterocycles. The van der Waals surface area contributed by atoms with Gasteiger partial charge in [0, 0.05) is 45.0 Å². The van der Waals surface area contributed by atoms with Gasteiger partial charge in [0.1, 0.15) is 0 Å². The van der Waals surface area contributed by atoms with Crippen molar-refractivity contribution < 1.29 is 8.42 Å². The molecule has 0 radical (unpaired) electrons. The highest BCUT2D eigenvalue weighted by atomic mass is 32.2. The van der Waals surface area contributed by atoms with Crippen LogP contribution in [-0.2, 0) is 16.4 Å². The van der Waals surface area contributed by atoms with Crippen molar-refractivity contribution in [1.82, 2.24) is 15.1 Å². The summed E-state index contributed by atoms with van der Waals surface area (Å²) in [6.45, 7) is 7.34. The van der Waals surface area contributed by atoms with Crippen LogP contribution in [0.5, 0.6) is 0 Å². The van der Waals surface area contributed by atoms with E-state index >= 15 is 0 Å². The van der Waals surface area contributed by atoms with Crippen LogP contribution in [0.25, 0.3) is 0 Å². The van der Waals surface area contributed by atoms with Crippen LogP contribution >= 0.6 is 0 Å². The Morgan fingerprint density at radius 1 is 1.09 bits per heavy atom. The number of benzene rings is 1. The Hall–Kier alpha value is -0.950. The van der Waals surface area contributed by atoms with Crippen molar-refractivity contribution in [2.75, 3.05) is 45.5 Å². The monoisotopic (exact) mass is 337 g/mol. The summed E-state index contributed by atoms with van der Waals surface area (Å²) in [5.41, 5.74) is 0.927. The van der Waals surface area contributed by atoms with E-state index in [2.05, 4.69) is 15.1 Å². The normalized spacial score (nSPS) is 22.3. The molecule has 0 aromatic heterocycles. The first kappa shape index (κ1) is 16.9. The Bertz CT molecular complexity index is 618. The molecule has 0 saturated carbocycles. The van der Waals surface area contributed by atoms with Crippen molar-refractivity contribution in [2.45, 2.75) is 30.3 Å². The van der Waals surface area contributed by atoms with E-state index in [1.807, 2.05) is 12.1 Å². The lowest BCUT2D eigenvalue weighted by atomic mass is 10.0. The second-order valence-corrected chi connectivity index (χ2v) is 8.66. The molecule has 6 heteroatoms. The number of piperidine rings is 1. The smallest absolute Gasteiger partial charge is 0.175 e. The predicted molar refractivity (Wildman–Crippen MR) is 92.3 cm³/mol. The van der Waals surface area contributed by atoms with Gasteiger partial charge >= 0.3 is 0 Å². The number of nitrogens with zero attached hydrogens (tertiary/aromatic N) is 2. The van der Waals surface area contributed by atoms with Crippen LogP contribution < -0.4 is 5.32 Å². The molecule has 5 nitrogen and oxygen atoms in total. The topological polar surface area (TPSA) is 52.7 Å². The lowest BCUT2D eigenvalue weighted by molar-refractivity contribution is 0.0944. The molecular formula is C17H27N3O2S. The van der Waals surface area contributed by atoms with E-state index < -0.39 is 9.84 Å². The van der Waals surface area contributed by atoms with Crippen molar-refractivity contribution in [1.29, 1.82) is 0 Å². The maximum absolute atomic E-state index is 11.9. The number of rotatable bonds is 4. The minimum atomic E-state index is -3.15. The molecule has 1 aromatic carbocycles. The van der Waals surface area contributed by atoms with Crippen LogP contribution in [-0.4, -0.2) is 69.8 Å². The summed E-state index contributed by atoms with van der Waals surface area (Å²) in [4.78, 5) is 5.48. The lowest BCUT2D eigenvalue weighted by Gasteiger charge is -2.40. The fourth-order valence-electron chi connectivity index (χ4n) is 3.73. The Kier molecular flexibility index (Phi) is 5.36. The lowest BCUT2D eigenvalue weighted by Crippen LogP contribution is -2.51. The fourth-order valence-corrected chi connectivity index (χ4v) is 4.66. The van der Waals surface area contributed by atoms with Crippen LogP contribution in [0.1, 0.15) is 18.4 Å². The average Bonchev–Trinajstić information content (AvgIpc) is 2.56. The molecule has 0 aliphatic carbocycles. The van der Waals surface area contributed by atoms with Gasteiger partial charge in [0.05, 0.1) is 4.90 Å². The van der Waals surface area contributed by atoms with Crippen LogP contribution in [0.4, 0.5) is 0 Å². The van der Waals surface area contributed by atoms with Crippen molar-refractivity contribution in [2.24, 2.45) is 0 Å². The minimum absolute atomic E-state index is 0.476. The molecule has 0 amide bonds. The van der Waals surface area contributed by atoms with Crippen molar-refractivity contribution >= 4 is 9.84 Å². The Labute approximate surface area is 139 Å². The zero-order valence-electron chi connectivity index (χ0n) is 13.9. The SMILES string of the molecule is CS(=O)(=O)c1ccccc1CN1CCC(N2CCNCC2)CC1. The molecule has 2 aliphatic heterocycles. The quantitative estimate of drug-likeness (QED) is 0.887. The van der Waals surface area contributed by atoms with Gasteiger partial charge in [-0.1, -0.05) is 18.2 Å². The minimum Gasteiger partial charge on any atom is -0.314 e. The van der Waals surface area contributed by atoms with Gasteiger partial charge in [-0.15, -0.1) is 0 Å². The zero-order valence-corrected chi connectivity index (χ0v) is 14.7. The third-order valence-electron chi connectivity index (χ3n) is 4.99. The maximum Gasteiger partial charge on any atom is 0.175 e. The van der Waals surface area contributed by atoms with E-state index in [0.29, 0.717) is 10.9 Å². The molecule has 0 spiro atoms. The summed E-state index contributed by atoms with van der Waals surface area (Å²) in [5, 5.41) is 3.41. The highest BCUT2D eigenvalue weighted by Crippen LogP contribution is 2.22. The number of hydrogen-bond donors (Lipinski definition) is 1. The largest absolute Gasteiger partial charge is 0.314 e. The molecule has 0 bridgehead atoms. The summed E-state index contributed by atoms with van der Waals surface area (Å²) in [5.74, 6) is 0. The molecule has 0 atom stereocenters. The molecule has 2 aliphatic rings. The van der Waals surface area contributed by atoms with Gasteiger partial charge in [0.25, 0.3) is 0 Å².